The largest absolute Gasteiger partial charge is 0.438 e. The molecule has 1 aromatic heterocycles. The van der Waals surface area contributed by atoms with E-state index in [4.69, 9.17) is 9.47 Å². The third-order valence-electron chi connectivity index (χ3n) is 6.21. The van der Waals surface area contributed by atoms with Crippen molar-refractivity contribution in [3.05, 3.63) is 92.9 Å². The van der Waals surface area contributed by atoms with Gasteiger partial charge in [-0.1, -0.05) is 23.8 Å². The van der Waals surface area contributed by atoms with Crippen LogP contribution in [-0.4, -0.2) is 43.4 Å². The highest BCUT2D eigenvalue weighted by atomic mass is 31.2. The van der Waals surface area contributed by atoms with Crippen LogP contribution in [0.3, 0.4) is 0 Å². The Balaban J connectivity index is 1.68. The van der Waals surface area contributed by atoms with Crippen LogP contribution in [0.25, 0.3) is 0 Å². The van der Waals surface area contributed by atoms with Gasteiger partial charge in [0, 0.05) is 19.3 Å². The van der Waals surface area contributed by atoms with Gasteiger partial charge < -0.3 is 24.2 Å². The van der Waals surface area contributed by atoms with Crippen LogP contribution in [-0.2, 0) is 26.8 Å². The fourth-order valence-corrected chi connectivity index (χ4v) is 5.25. The highest BCUT2D eigenvalue weighted by Gasteiger charge is 2.38. The van der Waals surface area contributed by atoms with Crippen LogP contribution >= 0.6 is 7.75 Å². The lowest BCUT2D eigenvalue weighted by Gasteiger charge is -2.42. The molecule has 0 spiro atoms. The van der Waals surface area contributed by atoms with Gasteiger partial charge in [0.2, 0.25) is 0 Å². The molecule has 0 bridgehead atoms. The Kier molecular flexibility index (Phi) is 7.99. The average Bonchev–Trinajstić information content (AvgIpc) is 3.19. The number of H-pyrrole nitrogens is 1. The molecule has 2 aromatic carbocycles. The fraction of sp³-hybridized carbons (Fsp3) is 0.375. The molecule has 14 heteroatoms. The summed E-state index contributed by atoms with van der Waals surface area (Å²) >= 11 is 0. The summed E-state index contributed by atoms with van der Waals surface area (Å²) in [5.74, 6) is -0.497. The summed E-state index contributed by atoms with van der Waals surface area (Å²) in [4.78, 5) is 35.3. The first-order valence-corrected chi connectivity index (χ1v) is 13.1. The van der Waals surface area contributed by atoms with Gasteiger partial charge in [0.1, 0.15) is 5.82 Å². The minimum Gasteiger partial charge on any atom is -0.349 e. The van der Waals surface area contributed by atoms with Crippen LogP contribution in [0.1, 0.15) is 47.0 Å². The normalized spacial score (nSPS) is 20.0. The van der Waals surface area contributed by atoms with E-state index in [1.807, 2.05) is 0 Å². The van der Waals surface area contributed by atoms with Crippen LogP contribution in [0.2, 0.25) is 0 Å². The van der Waals surface area contributed by atoms with E-state index in [-0.39, 0.29) is 31.0 Å². The zero-order chi connectivity index (χ0) is 27.8. The minimum absolute atomic E-state index is 0.00218. The molecule has 1 aliphatic rings. The molecule has 1 fully saturated rings. The second-order valence-electron chi connectivity index (χ2n) is 9.02. The molecule has 3 atom stereocenters. The molecule has 1 aliphatic heterocycles. The number of imidazole rings is 1. The summed E-state index contributed by atoms with van der Waals surface area (Å²) in [6.07, 6.45) is -5.25. The number of nitrogens with one attached hydrogen (secondary N) is 1. The van der Waals surface area contributed by atoms with E-state index in [1.54, 1.807) is 24.8 Å². The number of aromatic amines is 1. The maximum atomic E-state index is 13.7. The number of benzene rings is 2. The highest BCUT2D eigenvalue weighted by Crippen LogP contribution is 2.39. The Morgan fingerprint density at radius 1 is 1.21 bits per heavy atom. The monoisotopic (exact) mass is 559 g/mol. The van der Waals surface area contributed by atoms with Gasteiger partial charge in [-0.15, -0.1) is 0 Å². The van der Waals surface area contributed by atoms with Crippen molar-refractivity contribution in [2.75, 3.05) is 13.2 Å². The topological polar surface area (TPSA) is 117 Å². The zero-order valence-corrected chi connectivity index (χ0v) is 21.2. The van der Waals surface area contributed by atoms with Gasteiger partial charge in [-0.25, -0.2) is 13.8 Å². The van der Waals surface area contributed by atoms with Gasteiger partial charge >= 0.3 is 19.6 Å². The number of ether oxygens (including phenoxy) is 2. The lowest BCUT2D eigenvalue weighted by atomic mass is 10.0. The van der Waals surface area contributed by atoms with Crippen LogP contribution < -0.4 is 5.69 Å². The Morgan fingerprint density at radius 2 is 1.89 bits per heavy atom. The molecule has 0 amide bonds. The van der Waals surface area contributed by atoms with Gasteiger partial charge in [0.05, 0.1) is 30.0 Å². The first kappa shape index (κ1) is 28.2. The number of nitrogens with zero attached hydrogens (tertiary/aromatic N) is 2. The minimum atomic E-state index is -4.97. The van der Waals surface area contributed by atoms with Gasteiger partial charge in [0.15, 0.2) is 6.29 Å². The number of aryl methyl sites for hydroxylation is 1. The number of alkyl halides is 3. The third-order valence-corrected chi connectivity index (χ3v) is 7.17. The fourth-order valence-electron chi connectivity index (χ4n) is 4.50. The van der Waals surface area contributed by atoms with E-state index >= 15 is 0 Å². The molecular weight excluding hydrogens is 533 g/mol. The number of rotatable bonds is 7. The third kappa shape index (κ3) is 6.25. The number of aromatic nitrogens is 2. The summed E-state index contributed by atoms with van der Waals surface area (Å²) in [5.41, 5.74) is -0.596. The second-order valence-corrected chi connectivity index (χ2v) is 10.5. The summed E-state index contributed by atoms with van der Waals surface area (Å²) in [6, 6.07) is 8.29. The van der Waals surface area contributed by atoms with Gasteiger partial charge in [-0.3, -0.25) is 4.90 Å². The molecule has 0 radical (unpaired) electrons. The van der Waals surface area contributed by atoms with E-state index in [1.165, 1.54) is 30.5 Å². The molecule has 9 nitrogen and oxygen atoms in total. The van der Waals surface area contributed by atoms with Gasteiger partial charge in [-0.05, 0) is 49.2 Å². The number of morpholine rings is 1. The number of hydrogen-bond acceptors (Lipinski definition) is 5. The van der Waals surface area contributed by atoms with Crippen molar-refractivity contribution in [2.45, 2.75) is 45.0 Å². The highest BCUT2D eigenvalue weighted by molar-refractivity contribution is 7.50. The standard InChI is InChI=1S/C24H26F4N3O6P/c1-14-9-17(11-18(10-14)24(26,27)28)15(2)37-22-21(16-3-5-19(25)6-4-16)30(7-8-36-22)13-20-12-29-23(32)31(20)38(33,34)35/h3-6,9-12,15,21-22H,7-8,13H2,1-2H3,(H,29,32)(H2,33,34,35)/t15-,21+,22-/m1/s1. The van der Waals surface area contributed by atoms with Gasteiger partial charge in [-0.2, -0.15) is 17.5 Å². The summed E-state index contributed by atoms with van der Waals surface area (Å²) < 4.78 is 78.1. The van der Waals surface area contributed by atoms with Crippen molar-refractivity contribution < 1.29 is 41.4 Å². The Morgan fingerprint density at radius 3 is 2.53 bits per heavy atom. The summed E-state index contributed by atoms with van der Waals surface area (Å²) in [7, 11) is -4.97. The van der Waals surface area contributed by atoms with E-state index in [9.17, 15) is 36.7 Å². The summed E-state index contributed by atoms with van der Waals surface area (Å²) in [5, 5.41) is 0. The lowest BCUT2D eigenvalue weighted by Crippen LogP contribution is -2.46. The van der Waals surface area contributed by atoms with Crippen molar-refractivity contribution >= 4 is 7.75 Å². The molecule has 0 unspecified atom stereocenters. The van der Waals surface area contributed by atoms with E-state index in [0.29, 0.717) is 15.5 Å². The van der Waals surface area contributed by atoms with Crippen LogP contribution in [0.15, 0.2) is 53.5 Å². The maximum absolute atomic E-state index is 13.7. The first-order valence-electron chi connectivity index (χ1n) is 11.5. The van der Waals surface area contributed by atoms with Gasteiger partial charge in [0.25, 0.3) is 0 Å². The Labute approximate surface area is 214 Å². The Bertz CT molecular complexity index is 1390. The summed E-state index contributed by atoms with van der Waals surface area (Å²) in [6.45, 7) is 3.37. The van der Waals surface area contributed by atoms with Crippen molar-refractivity contribution in [1.82, 2.24) is 14.2 Å². The van der Waals surface area contributed by atoms with Crippen LogP contribution in [0.4, 0.5) is 17.6 Å². The van der Waals surface area contributed by atoms with E-state index in [0.717, 1.165) is 12.1 Å². The molecule has 206 valence electrons. The van der Waals surface area contributed by atoms with E-state index < -0.39 is 49.4 Å². The van der Waals surface area contributed by atoms with Crippen LogP contribution in [0.5, 0.6) is 0 Å². The lowest BCUT2D eigenvalue weighted by molar-refractivity contribution is -0.231. The number of hydrogen-bond donors (Lipinski definition) is 3. The average molecular weight is 559 g/mol. The molecule has 38 heavy (non-hydrogen) atoms. The van der Waals surface area contributed by atoms with E-state index in [2.05, 4.69) is 4.98 Å². The zero-order valence-electron chi connectivity index (χ0n) is 20.4. The van der Waals surface area contributed by atoms with Crippen molar-refractivity contribution in [1.29, 1.82) is 0 Å². The SMILES string of the molecule is Cc1cc([C@@H](C)O[C@H]2OCCN(Cc3c[nH]c(=O)n3P(=O)(O)O)[C@H]2c2ccc(F)cc2)cc(C(F)(F)F)c1. The quantitative estimate of drug-likeness (QED) is 0.293. The van der Waals surface area contributed by atoms with Crippen molar-refractivity contribution in [2.24, 2.45) is 0 Å². The molecule has 0 aliphatic carbocycles. The molecule has 4 rings (SSSR count). The second kappa shape index (κ2) is 10.8. The molecular formula is C24H26F4N3O6P. The first-order chi connectivity index (χ1) is 17.7. The molecule has 1 saturated heterocycles. The van der Waals surface area contributed by atoms with Crippen LogP contribution in [0, 0.1) is 12.7 Å². The predicted octanol–water partition coefficient (Wildman–Crippen LogP) is 4.26. The van der Waals surface area contributed by atoms with Crippen molar-refractivity contribution in [3.63, 3.8) is 0 Å². The molecule has 3 aromatic rings. The Hall–Kier alpha value is -2.80. The van der Waals surface area contributed by atoms with Crippen molar-refractivity contribution in [3.8, 4) is 0 Å². The number of halogens is 4. The molecule has 3 N–H and O–H groups in total. The maximum Gasteiger partial charge on any atom is 0.438 e. The molecule has 2 heterocycles. The smallest absolute Gasteiger partial charge is 0.349 e. The molecule has 0 saturated carbocycles. The predicted molar refractivity (Wildman–Crippen MR) is 127 cm³/mol.